The van der Waals surface area contributed by atoms with Crippen molar-refractivity contribution in [2.24, 2.45) is 0 Å². The number of urea groups is 1. The van der Waals surface area contributed by atoms with Gasteiger partial charge in [0, 0.05) is 19.6 Å². The third-order valence-corrected chi connectivity index (χ3v) is 6.48. The molecule has 4 rings (SSSR count). The Hall–Kier alpha value is -2.65. The molecule has 9 heteroatoms. The summed E-state index contributed by atoms with van der Waals surface area (Å²) < 4.78 is 10.7. The summed E-state index contributed by atoms with van der Waals surface area (Å²) >= 11 is 0. The smallest absolute Gasteiger partial charge is 0.325 e. The van der Waals surface area contributed by atoms with Gasteiger partial charge in [-0.2, -0.15) is 0 Å². The zero-order chi connectivity index (χ0) is 21.8. The first kappa shape index (κ1) is 21.6. The minimum absolute atomic E-state index is 0.0389. The summed E-state index contributed by atoms with van der Waals surface area (Å²) in [6.07, 6.45) is 3.11. The molecule has 1 aliphatic carbocycles. The van der Waals surface area contributed by atoms with Crippen LogP contribution in [0.2, 0.25) is 0 Å². The number of carbonyl (C=O) groups excluding carboxylic acids is 3. The Morgan fingerprint density at radius 3 is 2.52 bits per heavy atom. The van der Waals surface area contributed by atoms with Crippen molar-refractivity contribution in [1.82, 2.24) is 20.4 Å². The second-order valence-electron chi connectivity index (χ2n) is 8.35. The largest absolute Gasteiger partial charge is 0.497 e. The molecule has 1 saturated carbocycles. The maximum absolute atomic E-state index is 12.8. The van der Waals surface area contributed by atoms with E-state index < -0.39 is 11.6 Å². The van der Waals surface area contributed by atoms with Gasteiger partial charge >= 0.3 is 6.03 Å². The van der Waals surface area contributed by atoms with E-state index in [2.05, 4.69) is 15.5 Å². The van der Waals surface area contributed by atoms with Gasteiger partial charge in [0.15, 0.2) is 0 Å². The van der Waals surface area contributed by atoms with Gasteiger partial charge < -0.3 is 20.1 Å². The predicted molar refractivity (Wildman–Crippen MR) is 113 cm³/mol. The Morgan fingerprint density at radius 2 is 1.87 bits per heavy atom. The minimum Gasteiger partial charge on any atom is -0.497 e. The monoisotopic (exact) mass is 430 g/mol. The van der Waals surface area contributed by atoms with Gasteiger partial charge in [0.2, 0.25) is 5.91 Å². The average Bonchev–Trinajstić information content (AvgIpc) is 3.35. The van der Waals surface area contributed by atoms with E-state index in [-0.39, 0.29) is 24.4 Å². The van der Waals surface area contributed by atoms with Crippen molar-refractivity contribution in [1.29, 1.82) is 0 Å². The number of amides is 4. The molecule has 3 aliphatic rings. The summed E-state index contributed by atoms with van der Waals surface area (Å²) in [5, 5.41) is 5.74. The lowest BCUT2D eigenvalue weighted by Gasteiger charge is -2.35. The highest BCUT2D eigenvalue weighted by Crippen LogP contribution is 2.34. The van der Waals surface area contributed by atoms with Crippen molar-refractivity contribution in [2.45, 2.75) is 37.3 Å². The lowest BCUT2D eigenvalue weighted by molar-refractivity contribution is -0.135. The van der Waals surface area contributed by atoms with Crippen molar-refractivity contribution in [2.75, 3.05) is 46.5 Å². The number of nitrogens with one attached hydrogen (secondary N) is 2. The van der Waals surface area contributed by atoms with E-state index in [1.807, 2.05) is 24.3 Å². The number of hydrogen-bond donors (Lipinski definition) is 2. The highest BCUT2D eigenvalue weighted by Gasteiger charge is 2.52. The molecule has 1 spiro atoms. The Morgan fingerprint density at radius 1 is 1.19 bits per heavy atom. The van der Waals surface area contributed by atoms with Gasteiger partial charge in [0.05, 0.1) is 26.4 Å². The van der Waals surface area contributed by atoms with E-state index in [4.69, 9.17) is 9.47 Å². The van der Waals surface area contributed by atoms with Crippen LogP contribution in [-0.4, -0.2) is 79.7 Å². The number of hydrogen-bond acceptors (Lipinski definition) is 6. The molecule has 3 fully saturated rings. The first-order valence-corrected chi connectivity index (χ1v) is 10.9. The summed E-state index contributed by atoms with van der Waals surface area (Å²) in [6, 6.07) is 7.28. The molecule has 2 saturated heterocycles. The SMILES string of the molecule is COc1ccc(C(CNC(=O)CN2C(=O)NC3(CCCC3)C2=O)N2CCOCC2)cc1. The fourth-order valence-electron chi connectivity index (χ4n) is 4.72. The number of ether oxygens (including phenoxy) is 2. The van der Waals surface area contributed by atoms with Crippen LogP contribution >= 0.6 is 0 Å². The molecule has 31 heavy (non-hydrogen) atoms. The van der Waals surface area contributed by atoms with Crippen LogP contribution in [0.4, 0.5) is 4.79 Å². The van der Waals surface area contributed by atoms with Crippen molar-refractivity contribution >= 4 is 17.8 Å². The average molecular weight is 431 g/mol. The van der Waals surface area contributed by atoms with Crippen LogP contribution in [0.15, 0.2) is 24.3 Å². The van der Waals surface area contributed by atoms with Gasteiger partial charge in [-0.05, 0) is 30.5 Å². The maximum atomic E-state index is 12.8. The number of imide groups is 1. The van der Waals surface area contributed by atoms with E-state index in [1.165, 1.54) is 0 Å². The first-order valence-electron chi connectivity index (χ1n) is 10.9. The van der Waals surface area contributed by atoms with Gasteiger partial charge in [-0.1, -0.05) is 25.0 Å². The number of nitrogens with zero attached hydrogens (tertiary/aromatic N) is 2. The van der Waals surface area contributed by atoms with Crippen LogP contribution in [-0.2, 0) is 14.3 Å². The summed E-state index contributed by atoms with van der Waals surface area (Å²) in [4.78, 5) is 41.1. The number of methoxy groups -OCH3 is 1. The summed E-state index contributed by atoms with van der Waals surface area (Å²) in [6.45, 7) is 2.94. The molecule has 0 bridgehead atoms. The third-order valence-electron chi connectivity index (χ3n) is 6.48. The Bertz CT molecular complexity index is 816. The Labute approximate surface area is 182 Å². The van der Waals surface area contributed by atoms with Crippen molar-refractivity contribution < 1.29 is 23.9 Å². The van der Waals surface area contributed by atoms with E-state index in [9.17, 15) is 14.4 Å². The predicted octanol–water partition coefficient (Wildman–Crippen LogP) is 1.05. The van der Waals surface area contributed by atoms with E-state index >= 15 is 0 Å². The van der Waals surface area contributed by atoms with Gasteiger partial charge in [-0.15, -0.1) is 0 Å². The molecule has 0 radical (unpaired) electrons. The molecule has 9 nitrogen and oxygen atoms in total. The van der Waals surface area contributed by atoms with E-state index in [0.717, 1.165) is 42.1 Å². The molecule has 1 unspecified atom stereocenters. The Kier molecular flexibility index (Phi) is 6.43. The number of benzene rings is 1. The van der Waals surface area contributed by atoms with Crippen molar-refractivity contribution in [3.05, 3.63) is 29.8 Å². The Balaban J connectivity index is 1.39. The van der Waals surface area contributed by atoms with Gasteiger partial charge in [-0.3, -0.25) is 19.4 Å². The van der Waals surface area contributed by atoms with Crippen LogP contribution in [0.25, 0.3) is 0 Å². The molecule has 1 aromatic carbocycles. The molecule has 4 amide bonds. The summed E-state index contributed by atoms with van der Waals surface area (Å²) in [7, 11) is 1.63. The van der Waals surface area contributed by atoms with Crippen molar-refractivity contribution in [3.8, 4) is 5.75 Å². The van der Waals surface area contributed by atoms with Crippen LogP contribution in [0.3, 0.4) is 0 Å². The third kappa shape index (κ3) is 4.52. The molecular formula is C22H30N4O5. The molecule has 1 aromatic rings. The molecule has 0 aromatic heterocycles. The van der Waals surface area contributed by atoms with Crippen LogP contribution in [0, 0.1) is 0 Å². The standard InChI is InChI=1S/C22H30N4O5/c1-30-17-6-4-16(5-7-17)18(25-10-12-31-13-11-25)14-23-19(27)15-26-20(28)22(24-21(26)29)8-2-3-9-22/h4-7,18H,2-3,8-15H2,1H3,(H,23,27)(H,24,29). The molecule has 1 atom stereocenters. The van der Waals surface area contributed by atoms with Crippen molar-refractivity contribution in [3.63, 3.8) is 0 Å². The molecule has 2 heterocycles. The number of rotatable bonds is 7. The van der Waals surface area contributed by atoms with E-state index in [0.29, 0.717) is 32.6 Å². The van der Waals surface area contributed by atoms with Gasteiger partial charge in [0.25, 0.3) is 5.91 Å². The van der Waals surface area contributed by atoms with Gasteiger partial charge in [0.1, 0.15) is 17.8 Å². The number of carbonyl (C=O) groups is 3. The van der Waals surface area contributed by atoms with E-state index in [1.54, 1.807) is 7.11 Å². The topological polar surface area (TPSA) is 100 Å². The van der Waals surface area contributed by atoms with Crippen LogP contribution < -0.4 is 15.4 Å². The zero-order valence-electron chi connectivity index (χ0n) is 17.9. The second kappa shape index (κ2) is 9.23. The fraction of sp³-hybridized carbons (Fsp3) is 0.591. The second-order valence-corrected chi connectivity index (χ2v) is 8.35. The highest BCUT2D eigenvalue weighted by molar-refractivity contribution is 6.09. The highest BCUT2D eigenvalue weighted by atomic mass is 16.5. The van der Waals surface area contributed by atoms with Crippen LogP contribution in [0.5, 0.6) is 5.75 Å². The summed E-state index contributed by atoms with van der Waals surface area (Å²) in [5.74, 6) is 0.156. The minimum atomic E-state index is -0.795. The fourth-order valence-corrected chi connectivity index (χ4v) is 4.72. The first-order chi connectivity index (χ1) is 15.0. The lowest BCUT2D eigenvalue weighted by Crippen LogP contribution is -2.47. The zero-order valence-corrected chi connectivity index (χ0v) is 17.9. The molecule has 2 aliphatic heterocycles. The quantitative estimate of drug-likeness (QED) is 0.628. The molecule has 168 valence electrons. The maximum Gasteiger partial charge on any atom is 0.325 e. The lowest BCUT2D eigenvalue weighted by atomic mass is 9.98. The van der Waals surface area contributed by atoms with Crippen LogP contribution in [0.1, 0.15) is 37.3 Å². The number of morpholine rings is 1. The molecular weight excluding hydrogens is 400 g/mol. The van der Waals surface area contributed by atoms with Gasteiger partial charge in [-0.25, -0.2) is 4.79 Å². The molecule has 2 N–H and O–H groups in total. The normalized spacial score (nSPS) is 21.9. The summed E-state index contributed by atoms with van der Waals surface area (Å²) in [5.41, 5.74) is 0.263.